The van der Waals surface area contributed by atoms with Crippen molar-refractivity contribution in [1.29, 1.82) is 0 Å². The lowest BCUT2D eigenvalue weighted by molar-refractivity contribution is -0.142. The van der Waals surface area contributed by atoms with Crippen LogP contribution in [0.1, 0.15) is 13.3 Å². The van der Waals surface area contributed by atoms with E-state index in [-0.39, 0.29) is 0 Å². The minimum absolute atomic E-state index is 0.449. The third-order valence-electron chi connectivity index (χ3n) is 2.33. The lowest BCUT2D eigenvalue weighted by Gasteiger charge is -2.23. The van der Waals surface area contributed by atoms with E-state index in [1.165, 1.54) is 0 Å². The molecule has 2 atom stereocenters. The van der Waals surface area contributed by atoms with Gasteiger partial charge in [0.15, 0.2) is 0 Å². The Morgan fingerprint density at radius 1 is 1.46 bits per heavy atom. The molecule has 1 aliphatic rings. The Morgan fingerprint density at radius 3 is 2.77 bits per heavy atom. The molecule has 1 aliphatic heterocycles. The highest BCUT2D eigenvalue weighted by Gasteiger charge is 2.22. The largest absolute Gasteiger partial charge is 0.480 e. The summed E-state index contributed by atoms with van der Waals surface area (Å²) in [6.07, 6.45) is 0.838. The Hall–Kier alpha value is -0.420. The van der Waals surface area contributed by atoms with E-state index in [0.29, 0.717) is 18.1 Å². The summed E-state index contributed by atoms with van der Waals surface area (Å²) in [5.41, 5.74) is 0. The summed E-state index contributed by atoms with van der Waals surface area (Å²) in [5.74, 6) is 0.521. The highest BCUT2D eigenvalue weighted by molar-refractivity contribution is 7.85. The minimum atomic E-state index is -0.798. The van der Waals surface area contributed by atoms with E-state index in [4.69, 9.17) is 5.11 Å². The van der Waals surface area contributed by atoms with Gasteiger partial charge in [-0.25, -0.2) is 0 Å². The van der Waals surface area contributed by atoms with Gasteiger partial charge in [-0.15, -0.1) is 0 Å². The molecule has 0 aliphatic carbocycles. The van der Waals surface area contributed by atoms with Crippen molar-refractivity contribution in [3.05, 3.63) is 0 Å². The second-order valence-corrected chi connectivity index (χ2v) is 4.95. The van der Waals surface area contributed by atoms with Gasteiger partial charge in [0.05, 0.1) is 0 Å². The van der Waals surface area contributed by atoms with E-state index in [2.05, 4.69) is 0 Å². The average molecular weight is 205 g/mol. The fourth-order valence-corrected chi connectivity index (χ4v) is 2.50. The zero-order chi connectivity index (χ0) is 9.84. The molecule has 4 nitrogen and oxygen atoms in total. The quantitative estimate of drug-likeness (QED) is 0.684. The molecule has 1 heterocycles. The Balaban J connectivity index is 2.50. The third-order valence-corrected chi connectivity index (χ3v) is 3.71. The highest BCUT2D eigenvalue weighted by Crippen LogP contribution is 2.06. The molecule has 5 heteroatoms. The van der Waals surface area contributed by atoms with Gasteiger partial charge in [0.1, 0.15) is 6.04 Å². The molecule has 0 aromatic rings. The Morgan fingerprint density at radius 2 is 2.15 bits per heavy atom. The van der Waals surface area contributed by atoms with Crippen molar-refractivity contribution in [1.82, 2.24) is 4.90 Å². The number of hydrogen-bond donors (Lipinski definition) is 1. The molecule has 0 amide bonds. The lowest BCUT2D eigenvalue weighted by Crippen LogP contribution is -2.40. The Kier molecular flexibility index (Phi) is 3.87. The summed E-state index contributed by atoms with van der Waals surface area (Å²) in [6, 6.07) is -0.449. The fraction of sp³-hybridized carbons (Fsp3) is 0.875. The van der Waals surface area contributed by atoms with E-state index < -0.39 is 22.8 Å². The molecular formula is C8H15NO3S. The molecule has 0 spiro atoms. The SMILES string of the molecule is CC(C(=O)O)N1CCCS(=O)CC1. The van der Waals surface area contributed by atoms with E-state index in [0.717, 1.165) is 13.0 Å². The molecule has 0 saturated carbocycles. The van der Waals surface area contributed by atoms with Crippen LogP contribution in [0.25, 0.3) is 0 Å². The van der Waals surface area contributed by atoms with Crippen LogP contribution in [0.3, 0.4) is 0 Å². The first-order valence-corrected chi connectivity index (χ1v) is 5.92. The fourth-order valence-electron chi connectivity index (χ4n) is 1.41. The maximum atomic E-state index is 11.2. The normalized spacial score (nSPS) is 27.9. The van der Waals surface area contributed by atoms with Crippen LogP contribution in [0.4, 0.5) is 0 Å². The number of rotatable bonds is 2. The van der Waals surface area contributed by atoms with Crippen molar-refractivity contribution < 1.29 is 14.1 Å². The summed E-state index contributed by atoms with van der Waals surface area (Å²) >= 11 is 0. The van der Waals surface area contributed by atoms with Gasteiger partial charge < -0.3 is 5.11 Å². The van der Waals surface area contributed by atoms with Crippen molar-refractivity contribution in [3.63, 3.8) is 0 Å². The van der Waals surface area contributed by atoms with Crippen LogP contribution in [-0.2, 0) is 15.6 Å². The first kappa shape index (κ1) is 10.7. The van der Waals surface area contributed by atoms with Crippen LogP contribution in [0.5, 0.6) is 0 Å². The maximum Gasteiger partial charge on any atom is 0.320 e. The van der Waals surface area contributed by atoms with Crippen LogP contribution in [-0.4, -0.2) is 50.8 Å². The molecule has 76 valence electrons. The zero-order valence-electron chi connectivity index (χ0n) is 7.73. The minimum Gasteiger partial charge on any atom is -0.480 e. The van der Waals surface area contributed by atoms with Crippen molar-refractivity contribution in [3.8, 4) is 0 Å². The van der Waals surface area contributed by atoms with Crippen LogP contribution in [0.2, 0.25) is 0 Å². The van der Waals surface area contributed by atoms with Crippen LogP contribution >= 0.6 is 0 Å². The Labute approximate surface area is 80.4 Å². The second-order valence-electron chi connectivity index (χ2n) is 3.25. The molecule has 0 aromatic heterocycles. The summed E-state index contributed by atoms with van der Waals surface area (Å²) in [7, 11) is -0.743. The number of aliphatic carboxylic acids is 1. The summed E-state index contributed by atoms with van der Waals surface area (Å²) in [4.78, 5) is 12.6. The van der Waals surface area contributed by atoms with Crippen molar-refractivity contribution >= 4 is 16.8 Å². The molecule has 2 unspecified atom stereocenters. The third kappa shape index (κ3) is 3.08. The van der Waals surface area contributed by atoms with Crippen molar-refractivity contribution in [2.75, 3.05) is 24.6 Å². The number of carbonyl (C=O) groups is 1. The van der Waals surface area contributed by atoms with Gasteiger partial charge in [-0.3, -0.25) is 13.9 Å². The van der Waals surface area contributed by atoms with Gasteiger partial charge in [0.2, 0.25) is 0 Å². The number of hydrogen-bond acceptors (Lipinski definition) is 3. The highest BCUT2D eigenvalue weighted by atomic mass is 32.2. The van der Waals surface area contributed by atoms with Crippen LogP contribution < -0.4 is 0 Å². The number of nitrogens with zero attached hydrogens (tertiary/aromatic N) is 1. The van der Waals surface area contributed by atoms with Crippen molar-refractivity contribution in [2.24, 2.45) is 0 Å². The molecule has 1 fully saturated rings. The molecular weight excluding hydrogens is 190 g/mol. The van der Waals surface area contributed by atoms with Gasteiger partial charge in [0, 0.05) is 28.9 Å². The van der Waals surface area contributed by atoms with Gasteiger partial charge in [0.25, 0.3) is 0 Å². The molecule has 1 saturated heterocycles. The summed E-state index contributed by atoms with van der Waals surface area (Å²) < 4.78 is 11.2. The van der Waals surface area contributed by atoms with Crippen molar-refractivity contribution in [2.45, 2.75) is 19.4 Å². The van der Waals surface area contributed by atoms with Gasteiger partial charge in [-0.05, 0) is 19.9 Å². The second kappa shape index (κ2) is 4.72. The number of carboxylic acids is 1. The number of carboxylic acid groups (broad SMARTS) is 1. The van der Waals surface area contributed by atoms with Gasteiger partial charge >= 0.3 is 5.97 Å². The zero-order valence-corrected chi connectivity index (χ0v) is 8.55. The van der Waals surface area contributed by atoms with E-state index in [9.17, 15) is 9.00 Å². The predicted octanol–water partition coefficient (Wildman–Crippen LogP) is -0.0861. The first-order valence-electron chi connectivity index (χ1n) is 4.43. The first-order chi connectivity index (χ1) is 6.11. The summed E-state index contributed by atoms with van der Waals surface area (Å²) in [5, 5.41) is 8.77. The molecule has 0 bridgehead atoms. The van der Waals surface area contributed by atoms with Crippen LogP contribution in [0, 0.1) is 0 Å². The summed E-state index contributed by atoms with van der Waals surface area (Å²) in [6.45, 7) is 3.07. The standard InChI is InChI=1S/C8H15NO3S/c1-7(8(10)11)9-3-2-5-13(12)6-4-9/h7H,2-6H2,1H3,(H,10,11). The molecule has 1 N–H and O–H groups in total. The molecule has 1 rings (SSSR count). The van der Waals surface area contributed by atoms with E-state index in [1.54, 1.807) is 6.92 Å². The average Bonchev–Trinajstić information content (AvgIpc) is 2.28. The Bertz CT molecular complexity index is 219. The predicted molar refractivity (Wildman–Crippen MR) is 51.2 cm³/mol. The van der Waals surface area contributed by atoms with E-state index in [1.807, 2.05) is 4.90 Å². The molecule has 13 heavy (non-hydrogen) atoms. The lowest BCUT2D eigenvalue weighted by atomic mass is 10.2. The van der Waals surface area contributed by atoms with Gasteiger partial charge in [-0.2, -0.15) is 0 Å². The molecule has 0 aromatic carbocycles. The van der Waals surface area contributed by atoms with E-state index >= 15 is 0 Å². The topological polar surface area (TPSA) is 57.6 Å². The monoisotopic (exact) mass is 205 g/mol. The van der Waals surface area contributed by atoms with Gasteiger partial charge in [-0.1, -0.05) is 0 Å². The molecule has 0 radical (unpaired) electrons. The van der Waals surface area contributed by atoms with Crippen LogP contribution in [0.15, 0.2) is 0 Å². The maximum absolute atomic E-state index is 11.2. The smallest absolute Gasteiger partial charge is 0.320 e.